The number of hydrogen-bond donors (Lipinski definition) is 0. The molecule has 0 aliphatic rings. The highest BCUT2D eigenvalue weighted by molar-refractivity contribution is 9.10. The fraction of sp³-hybridized carbons (Fsp3) is 0.250. The summed E-state index contributed by atoms with van der Waals surface area (Å²) < 4.78 is 35.6. The second-order valence-electron chi connectivity index (χ2n) is 4.84. The average Bonchev–Trinajstić information content (AvgIpc) is 2.49. The van der Waals surface area contributed by atoms with Crippen molar-refractivity contribution >= 4 is 26.0 Å². The molecule has 0 bridgehead atoms. The maximum Gasteiger partial charge on any atom is 0.339 e. The van der Waals surface area contributed by atoms with Crippen molar-refractivity contribution in [2.75, 3.05) is 13.7 Å². The minimum Gasteiger partial charge on any atom is -0.384 e. The van der Waals surface area contributed by atoms with Crippen LogP contribution in [0.4, 0.5) is 0 Å². The summed E-state index contributed by atoms with van der Waals surface area (Å²) in [6.45, 7) is 2.45. The van der Waals surface area contributed by atoms with Crippen LogP contribution in [0.2, 0.25) is 0 Å². The maximum atomic E-state index is 12.3. The van der Waals surface area contributed by atoms with E-state index in [-0.39, 0.29) is 4.90 Å². The first-order chi connectivity index (χ1) is 10.4. The maximum absolute atomic E-state index is 12.3. The van der Waals surface area contributed by atoms with Crippen LogP contribution >= 0.6 is 15.9 Å². The summed E-state index contributed by atoms with van der Waals surface area (Å²) in [5.41, 5.74) is 1.89. The van der Waals surface area contributed by atoms with E-state index < -0.39 is 10.1 Å². The minimum atomic E-state index is -3.83. The monoisotopic (exact) mass is 384 g/mol. The Morgan fingerprint density at radius 2 is 1.77 bits per heavy atom. The zero-order chi connectivity index (χ0) is 16.2. The molecule has 0 fully saturated rings. The molecule has 0 aliphatic carbocycles. The quantitative estimate of drug-likeness (QED) is 0.712. The molecule has 0 heterocycles. The van der Waals surface area contributed by atoms with E-state index in [4.69, 9.17) is 8.92 Å². The van der Waals surface area contributed by atoms with Gasteiger partial charge in [-0.3, -0.25) is 0 Å². The van der Waals surface area contributed by atoms with E-state index in [1.165, 1.54) is 6.07 Å². The van der Waals surface area contributed by atoms with Gasteiger partial charge in [0.2, 0.25) is 0 Å². The Balaban J connectivity index is 2.16. The summed E-state index contributed by atoms with van der Waals surface area (Å²) in [6, 6.07) is 11.7. The van der Waals surface area contributed by atoms with Crippen molar-refractivity contribution in [2.24, 2.45) is 0 Å². The van der Waals surface area contributed by atoms with Gasteiger partial charge < -0.3 is 8.92 Å². The Morgan fingerprint density at radius 3 is 2.36 bits per heavy atom. The third kappa shape index (κ3) is 4.32. The molecule has 2 aromatic carbocycles. The summed E-state index contributed by atoms with van der Waals surface area (Å²) >= 11 is 3.35. The third-order valence-corrected chi connectivity index (χ3v) is 5.28. The molecule has 0 unspecified atom stereocenters. The highest BCUT2D eigenvalue weighted by Gasteiger charge is 2.17. The van der Waals surface area contributed by atoms with Crippen LogP contribution in [0.15, 0.2) is 51.8 Å². The minimum absolute atomic E-state index is 0.136. The van der Waals surface area contributed by atoms with E-state index in [9.17, 15) is 8.42 Å². The van der Waals surface area contributed by atoms with Crippen molar-refractivity contribution < 1.29 is 17.3 Å². The predicted octanol–water partition coefficient (Wildman–Crippen LogP) is 3.71. The molecule has 0 saturated heterocycles. The molecule has 4 nitrogen and oxygen atoms in total. The SMILES string of the molecule is COCCc1ccc(OS(=O)(=O)c2ccc(Br)c(C)c2)cc1. The van der Waals surface area contributed by atoms with Gasteiger partial charge in [0, 0.05) is 11.6 Å². The molecule has 0 aliphatic heterocycles. The first-order valence-electron chi connectivity index (χ1n) is 6.71. The summed E-state index contributed by atoms with van der Waals surface area (Å²) in [5.74, 6) is 0.293. The van der Waals surface area contributed by atoms with E-state index in [0.717, 1.165) is 22.0 Å². The molecular formula is C16H17BrO4S. The van der Waals surface area contributed by atoms with Gasteiger partial charge in [-0.15, -0.1) is 0 Å². The van der Waals surface area contributed by atoms with Gasteiger partial charge in [-0.1, -0.05) is 28.1 Å². The largest absolute Gasteiger partial charge is 0.384 e. The Kier molecular flexibility index (Phi) is 5.61. The second-order valence-corrected chi connectivity index (χ2v) is 7.24. The molecule has 0 atom stereocenters. The summed E-state index contributed by atoms with van der Waals surface area (Å²) in [4.78, 5) is 0.136. The van der Waals surface area contributed by atoms with Gasteiger partial charge >= 0.3 is 10.1 Å². The predicted molar refractivity (Wildman–Crippen MR) is 88.7 cm³/mol. The number of ether oxygens (including phenoxy) is 1. The van der Waals surface area contributed by atoms with E-state index in [0.29, 0.717) is 12.4 Å². The molecule has 0 N–H and O–H groups in total. The lowest BCUT2D eigenvalue weighted by molar-refractivity contribution is 0.202. The Bertz CT molecular complexity index is 739. The van der Waals surface area contributed by atoms with E-state index >= 15 is 0 Å². The van der Waals surface area contributed by atoms with Gasteiger partial charge in [0.15, 0.2) is 0 Å². The number of methoxy groups -OCH3 is 1. The lowest BCUT2D eigenvalue weighted by Gasteiger charge is -2.09. The zero-order valence-electron chi connectivity index (χ0n) is 12.4. The molecule has 0 saturated carbocycles. The van der Waals surface area contributed by atoms with Crippen molar-refractivity contribution in [3.8, 4) is 5.75 Å². The normalized spacial score (nSPS) is 11.4. The lowest BCUT2D eigenvalue weighted by Crippen LogP contribution is -2.10. The topological polar surface area (TPSA) is 52.6 Å². The number of halogens is 1. The number of benzene rings is 2. The molecule has 2 rings (SSSR count). The summed E-state index contributed by atoms with van der Waals surface area (Å²) in [5, 5.41) is 0. The van der Waals surface area contributed by atoms with Crippen molar-refractivity contribution in [1.29, 1.82) is 0 Å². The lowest BCUT2D eigenvalue weighted by atomic mass is 10.1. The molecule has 6 heteroatoms. The Morgan fingerprint density at radius 1 is 1.09 bits per heavy atom. The number of aryl methyl sites for hydroxylation is 1. The molecular weight excluding hydrogens is 368 g/mol. The van der Waals surface area contributed by atoms with E-state index in [1.807, 2.05) is 19.1 Å². The van der Waals surface area contributed by atoms with Crippen molar-refractivity contribution in [2.45, 2.75) is 18.2 Å². The summed E-state index contributed by atoms with van der Waals surface area (Å²) in [6.07, 6.45) is 0.773. The standard InChI is InChI=1S/C16H17BrO4S/c1-12-11-15(7-8-16(12)17)22(18,19)21-14-5-3-13(4-6-14)9-10-20-2/h3-8,11H,9-10H2,1-2H3. The molecule has 22 heavy (non-hydrogen) atoms. The van der Waals surface area contributed by atoms with Crippen LogP contribution in [0, 0.1) is 6.92 Å². The second kappa shape index (κ2) is 7.26. The molecule has 0 spiro atoms. The summed E-state index contributed by atoms with van der Waals surface area (Å²) in [7, 11) is -2.18. The van der Waals surface area contributed by atoms with Gasteiger partial charge in [-0.05, 0) is 54.8 Å². The zero-order valence-corrected chi connectivity index (χ0v) is 14.8. The highest BCUT2D eigenvalue weighted by Crippen LogP contribution is 2.23. The number of rotatable bonds is 6. The average molecular weight is 385 g/mol. The fourth-order valence-electron chi connectivity index (χ4n) is 1.88. The van der Waals surface area contributed by atoms with E-state index in [2.05, 4.69) is 15.9 Å². The van der Waals surface area contributed by atoms with Gasteiger partial charge in [-0.2, -0.15) is 8.42 Å². The van der Waals surface area contributed by atoms with Crippen molar-refractivity contribution in [3.05, 3.63) is 58.1 Å². The van der Waals surface area contributed by atoms with Gasteiger partial charge in [0.05, 0.1) is 6.61 Å². The highest BCUT2D eigenvalue weighted by atomic mass is 79.9. The first kappa shape index (κ1) is 17.0. The molecule has 0 radical (unpaired) electrons. The third-order valence-electron chi connectivity index (χ3n) is 3.14. The van der Waals surface area contributed by atoms with Crippen LogP contribution in [0.25, 0.3) is 0 Å². The fourth-order valence-corrected chi connectivity index (χ4v) is 3.14. The number of hydrogen-bond acceptors (Lipinski definition) is 4. The van der Waals surface area contributed by atoms with Gasteiger partial charge in [0.25, 0.3) is 0 Å². The van der Waals surface area contributed by atoms with Crippen LogP contribution in [-0.4, -0.2) is 22.1 Å². The van der Waals surface area contributed by atoms with Crippen LogP contribution < -0.4 is 4.18 Å². The smallest absolute Gasteiger partial charge is 0.339 e. The van der Waals surface area contributed by atoms with Crippen molar-refractivity contribution in [1.82, 2.24) is 0 Å². The van der Waals surface area contributed by atoms with Crippen LogP contribution in [-0.2, 0) is 21.3 Å². The molecule has 2 aromatic rings. The van der Waals surface area contributed by atoms with Crippen LogP contribution in [0.3, 0.4) is 0 Å². The first-order valence-corrected chi connectivity index (χ1v) is 8.91. The van der Waals surface area contributed by atoms with Crippen molar-refractivity contribution in [3.63, 3.8) is 0 Å². The van der Waals surface area contributed by atoms with E-state index in [1.54, 1.807) is 31.4 Å². The van der Waals surface area contributed by atoms with Crippen LogP contribution in [0.5, 0.6) is 5.75 Å². The molecule has 0 aromatic heterocycles. The molecule has 0 amide bonds. The van der Waals surface area contributed by atoms with Crippen LogP contribution in [0.1, 0.15) is 11.1 Å². The van der Waals surface area contributed by atoms with Gasteiger partial charge in [-0.25, -0.2) is 0 Å². The Labute approximate surface area is 139 Å². The molecule has 118 valence electrons. The van der Waals surface area contributed by atoms with Gasteiger partial charge in [0.1, 0.15) is 10.6 Å². The Hall–Kier alpha value is -1.37.